The molecule has 0 aliphatic carbocycles. The van der Waals surface area contributed by atoms with Crippen molar-refractivity contribution in [2.24, 2.45) is 5.10 Å². The molecule has 0 heterocycles. The molecule has 0 saturated heterocycles. The number of hydrogen-bond acceptors (Lipinski definition) is 3. The van der Waals surface area contributed by atoms with Gasteiger partial charge in [-0.2, -0.15) is 5.10 Å². The second-order valence-corrected chi connectivity index (χ2v) is 5.40. The van der Waals surface area contributed by atoms with Crippen molar-refractivity contribution in [2.45, 2.75) is 0 Å². The van der Waals surface area contributed by atoms with Crippen LogP contribution in [-0.4, -0.2) is 18.4 Å². The van der Waals surface area contributed by atoms with Gasteiger partial charge in [0.15, 0.2) is 5.11 Å². The molecule has 2 rings (SSSR count). The summed E-state index contributed by atoms with van der Waals surface area (Å²) in [6.45, 7) is 0. The highest BCUT2D eigenvalue weighted by molar-refractivity contribution is 9.10. The molecule has 108 valence electrons. The van der Waals surface area contributed by atoms with Crippen LogP contribution in [0.3, 0.4) is 0 Å². The summed E-state index contributed by atoms with van der Waals surface area (Å²) in [6.07, 6.45) is 1.70. The summed E-state index contributed by atoms with van der Waals surface area (Å²) in [6, 6.07) is 15.3. The Balaban J connectivity index is 1.93. The van der Waals surface area contributed by atoms with Crippen molar-refractivity contribution in [3.8, 4) is 5.75 Å². The highest BCUT2D eigenvalue weighted by Gasteiger charge is 2.02. The molecular weight excluding hydrogens is 350 g/mol. The molecule has 6 heteroatoms. The van der Waals surface area contributed by atoms with E-state index in [0.717, 1.165) is 21.5 Å². The lowest BCUT2D eigenvalue weighted by atomic mass is 10.2. The second-order valence-electron chi connectivity index (χ2n) is 4.08. The maximum absolute atomic E-state index is 5.24. The largest absolute Gasteiger partial charge is 0.495 e. The molecule has 0 spiro atoms. The summed E-state index contributed by atoms with van der Waals surface area (Å²) in [4.78, 5) is 0. The van der Waals surface area contributed by atoms with Crippen LogP contribution in [0.25, 0.3) is 0 Å². The summed E-state index contributed by atoms with van der Waals surface area (Å²) in [5, 5.41) is 7.52. The first-order valence-electron chi connectivity index (χ1n) is 6.17. The van der Waals surface area contributed by atoms with Crippen molar-refractivity contribution >= 4 is 45.2 Å². The number of rotatable bonds is 4. The number of nitrogens with zero attached hydrogens (tertiary/aromatic N) is 1. The lowest BCUT2D eigenvalue weighted by molar-refractivity contribution is 0.417. The Morgan fingerprint density at radius 1 is 1.24 bits per heavy atom. The maximum Gasteiger partial charge on any atom is 0.191 e. The lowest BCUT2D eigenvalue weighted by Gasteiger charge is -2.10. The summed E-state index contributed by atoms with van der Waals surface area (Å²) in [5.74, 6) is 0.720. The summed E-state index contributed by atoms with van der Waals surface area (Å²) in [7, 11) is 1.61. The first-order valence-corrected chi connectivity index (χ1v) is 7.38. The van der Waals surface area contributed by atoms with Gasteiger partial charge in [-0.3, -0.25) is 5.43 Å². The van der Waals surface area contributed by atoms with Crippen LogP contribution in [0.2, 0.25) is 0 Å². The standard InChI is InChI=1S/C15H14BrN3OS/c1-20-14-8-3-2-7-13(14)18-15(21)19-17-10-11-5-4-6-12(16)9-11/h2-10H,1H3,(H2,18,19,21)/b17-10+. The minimum atomic E-state index is 0.394. The Kier molecular flexibility index (Phi) is 5.71. The molecular formula is C15H14BrN3OS. The lowest BCUT2D eigenvalue weighted by Crippen LogP contribution is -2.24. The van der Waals surface area contributed by atoms with E-state index in [9.17, 15) is 0 Å². The topological polar surface area (TPSA) is 45.6 Å². The number of hydrogen-bond donors (Lipinski definition) is 2. The molecule has 4 nitrogen and oxygen atoms in total. The summed E-state index contributed by atoms with van der Waals surface area (Å²) < 4.78 is 6.24. The minimum absolute atomic E-state index is 0.394. The van der Waals surface area contributed by atoms with Gasteiger partial charge >= 0.3 is 0 Å². The SMILES string of the molecule is COc1ccccc1NC(=S)N/N=C/c1cccc(Br)c1. The van der Waals surface area contributed by atoms with Crippen molar-refractivity contribution in [1.29, 1.82) is 0 Å². The van der Waals surface area contributed by atoms with E-state index in [1.807, 2.05) is 48.5 Å². The molecule has 0 unspecified atom stereocenters. The summed E-state index contributed by atoms with van der Waals surface area (Å²) >= 11 is 8.59. The zero-order valence-corrected chi connectivity index (χ0v) is 13.7. The van der Waals surface area contributed by atoms with E-state index in [0.29, 0.717) is 5.11 Å². The number of benzene rings is 2. The highest BCUT2D eigenvalue weighted by atomic mass is 79.9. The molecule has 0 fully saturated rings. The van der Waals surface area contributed by atoms with Crippen LogP contribution < -0.4 is 15.5 Å². The molecule has 0 aliphatic rings. The van der Waals surface area contributed by atoms with E-state index in [1.165, 1.54) is 0 Å². The Labute approximate surface area is 137 Å². The molecule has 0 bridgehead atoms. The maximum atomic E-state index is 5.24. The van der Waals surface area contributed by atoms with Crippen molar-refractivity contribution < 1.29 is 4.74 Å². The highest BCUT2D eigenvalue weighted by Crippen LogP contribution is 2.22. The zero-order valence-electron chi connectivity index (χ0n) is 11.3. The van der Waals surface area contributed by atoms with Crippen molar-refractivity contribution in [1.82, 2.24) is 5.43 Å². The molecule has 0 aromatic heterocycles. The predicted molar refractivity (Wildman–Crippen MR) is 94.1 cm³/mol. The Morgan fingerprint density at radius 3 is 2.81 bits per heavy atom. The van der Waals surface area contributed by atoms with Crippen LogP contribution in [-0.2, 0) is 0 Å². The third-order valence-corrected chi connectivity index (χ3v) is 3.27. The first-order chi connectivity index (χ1) is 10.2. The molecule has 0 radical (unpaired) electrons. The molecule has 2 aromatic carbocycles. The number of thiocarbonyl (C=S) groups is 1. The summed E-state index contributed by atoms with van der Waals surface area (Å²) in [5.41, 5.74) is 4.53. The number of ether oxygens (including phenoxy) is 1. The number of anilines is 1. The van der Waals surface area contributed by atoms with Crippen LogP contribution in [0.5, 0.6) is 5.75 Å². The number of halogens is 1. The number of para-hydroxylation sites is 2. The van der Waals surface area contributed by atoms with Crippen LogP contribution in [0.4, 0.5) is 5.69 Å². The van der Waals surface area contributed by atoms with Gasteiger partial charge in [0, 0.05) is 4.47 Å². The van der Waals surface area contributed by atoms with E-state index in [-0.39, 0.29) is 0 Å². The molecule has 0 saturated carbocycles. The van der Waals surface area contributed by atoms with E-state index >= 15 is 0 Å². The van der Waals surface area contributed by atoms with Crippen molar-refractivity contribution in [3.63, 3.8) is 0 Å². The molecule has 0 atom stereocenters. The minimum Gasteiger partial charge on any atom is -0.495 e. The fraction of sp³-hybridized carbons (Fsp3) is 0.0667. The number of methoxy groups -OCH3 is 1. The van der Waals surface area contributed by atoms with E-state index in [4.69, 9.17) is 17.0 Å². The van der Waals surface area contributed by atoms with Gasteiger partial charge in [-0.15, -0.1) is 0 Å². The third-order valence-electron chi connectivity index (χ3n) is 2.58. The van der Waals surface area contributed by atoms with Gasteiger partial charge in [0.05, 0.1) is 19.0 Å². The number of nitrogens with one attached hydrogen (secondary N) is 2. The zero-order chi connectivity index (χ0) is 15.1. The molecule has 21 heavy (non-hydrogen) atoms. The van der Waals surface area contributed by atoms with Crippen LogP contribution in [0.1, 0.15) is 5.56 Å². The van der Waals surface area contributed by atoms with Gasteiger partial charge in [-0.25, -0.2) is 0 Å². The Hall–Kier alpha value is -1.92. The predicted octanol–water partition coefficient (Wildman–Crippen LogP) is 3.78. The van der Waals surface area contributed by atoms with Crippen molar-refractivity contribution in [2.75, 3.05) is 12.4 Å². The molecule has 0 amide bonds. The average molecular weight is 364 g/mol. The van der Waals surface area contributed by atoms with Crippen LogP contribution in [0.15, 0.2) is 58.1 Å². The molecule has 2 N–H and O–H groups in total. The van der Waals surface area contributed by atoms with Gasteiger partial charge in [-0.05, 0) is 42.0 Å². The van der Waals surface area contributed by atoms with Gasteiger partial charge in [0.2, 0.25) is 0 Å². The van der Waals surface area contributed by atoms with E-state index < -0.39 is 0 Å². The second kappa shape index (κ2) is 7.75. The van der Waals surface area contributed by atoms with Crippen LogP contribution >= 0.6 is 28.1 Å². The number of hydrazone groups is 1. The van der Waals surface area contributed by atoms with Crippen LogP contribution in [0, 0.1) is 0 Å². The van der Waals surface area contributed by atoms with Gasteiger partial charge in [0.25, 0.3) is 0 Å². The van der Waals surface area contributed by atoms with Gasteiger partial charge < -0.3 is 10.1 Å². The smallest absolute Gasteiger partial charge is 0.191 e. The molecule has 0 aliphatic heterocycles. The normalized spacial score (nSPS) is 10.4. The third kappa shape index (κ3) is 4.84. The van der Waals surface area contributed by atoms with Gasteiger partial charge in [-0.1, -0.05) is 40.2 Å². The fourth-order valence-corrected chi connectivity index (χ4v) is 2.23. The average Bonchev–Trinajstić information content (AvgIpc) is 2.48. The quantitative estimate of drug-likeness (QED) is 0.493. The Bertz CT molecular complexity index is 661. The van der Waals surface area contributed by atoms with Gasteiger partial charge in [0.1, 0.15) is 5.75 Å². The Morgan fingerprint density at radius 2 is 2.05 bits per heavy atom. The first kappa shape index (κ1) is 15.5. The van der Waals surface area contributed by atoms with E-state index in [2.05, 4.69) is 31.8 Å². The molecule has 2 aromatic rings. The van der Waals surface area contributed by atoms with E-state index in [1.54, 1.807) is 13.3 Å². The van der Waals surface area contributed by atoms with Crippen molar-refractivity contribution in [3.05, 3.63) is 58.6 Å². The monoisotopic (exact) mass is 363 g/mol. The fourth-order valence-electron chi connectivity index (χ4n) is 1.65.